The fourth-order valence-electron chi connectivity index (χ4n) is 3.33. The highest BCUT2D eigenvalue weighted by molar-refractivity contribution is 5.85. The van der Waals surface area contributed by atoms with Gasteiger partial charge in [0.05, 0.1) is 6.54 Å². The van der Waals surface area contributed by atoms with Crippen LogP contribution < -0.4 is 10.6 Å². The summed E-state index contributed by atoms with van der Waals surface area (Å²) in [7, 11) is 1.80. The molecule has 0 bridgehead atoms. The molecule has 2 atom stereocenters. The molecule has 1 saturated heterocycles. The number of piperidine rings is 1. The second-order valence-corrected chi connectivity index (χ2v) is 6.26. The van der Waals surface area contributed by atoms with Crippen LogP contribution in [0.15, 0.2) is 30.3 Å². The molecule has 0 aliphatic carbocycles. The Labute approximate surface area is 152 Å². The summed E-state index contributed by atoms with van der Waals surface area (Å²) in [5, 5.41) is 6.08. The molecule has 2 N–H and O–H groups in total. The van der Waals surface area contributed by atoms with E-state index in [0.717, 1.165) is 19.6 Å². The maximum atomic E-state index is 11.8. The summed E-state index contributed by atoms with van der Waals surface area (Å²) in [6.07, 6.45) is 0. The molecule has 6 heteroatoms. The normalized spacial score (nSPS) is 24.2. The number of nitrogens with zero attached hydrogens (tertiary/aromatic N) is 1. The lowest BCUT2D eigenvalue weighted by Gasteiger charge is -2.41. The van der Waals surface area contributed by atoms with Gasteiger partial charge < -0.3 is 10.6 Å². The number of nitrogens with one attached hydrogen (secondary N) is 2. The van der Waals surface area contributed by atoms with Crippen molar-refractivity contribution in [2.75, 3.05) is 26.7 Å². The van der Waals surface area contributed by atoms with Crippen molar-refractivity contribution in [3.05, 3.63) is 35.9 Å². The first-order chi connectivity index (χ1) is 10.1. The van der Waals surface area contributed by atoms with Crippen molar-refractivity contribution < 1.29 is 4.79 Å². The number of likely N-dealkylation sites (N-methyl/N-ethyl adjacent to an activating group) is 1. The molecule has 4 nitrogen and oxygen atoms in total. The summed E-state index contributed by atoms with van der Waals surface area (Å²) < 4.78 is 0. The summed E-state index contributed by atoms with van der Waals surface area (Å²) in [5.41, 5.74) is 1.36. The van der Waals surface area contributed by atoms with Crippen LogP contribution in [-0.4, -0.2) is 43.5 Å². The van der Waals surface area contributed by atoms with Crippen molar-refractivity contribution in [2.45, 2.75) is 26.4 Å². The largest absolute Gasteiger partial charge is 0.352 e. The first kappa shape index (κ1) is 22.2. The SMILES string of the molecule is CNCC(=O)NC1C(C)CN(Cc2ccccc2)CC1C.Cl.Cl. The number of carbonyl (C=O) groups excluding carboxylic acids is 1. The van der Waals surface area contributed by atoms with Crippen LogP contribution in [0, 0.1) is 11.8 Å². The smallest absolute Gasteiger partial charge is 0.234 e. The average molecular weight is 362 g/mol. The van der Waals surface area contributed by atoms with Crippen molar-refractivity contribution in [2.24, 2.45) is 11.8 Å². The summed E-state index contributed by atoms with van der Waals surface area (Å²) in [4.78, 5) is 14.3. The minimum atomic E-state index is 0. The maximum Gasteiger partial charge on any atom is 0.234 e. The Morgan fingerprint density at radius 3 is 2.22 bits per heavy atom. The van der Waals surface area contributed by atoms with Crippen LogP contribution in [0.2, 0.25) is 0 Å². The van der Waals surface area contributed by atoms with Gasteiger partial charge in [-0.1, -0.05) is 44.2 Å². The van der Waals surface area contributed by atoms with Crippen LogP contribution in [-0.2, 0) is 11.3 Å². The molecule has 1 amide bonds. The summed E-state index contributed by atoms with van der Waals surface area (Å²) >= 11 is 0. The molecule has 0 spiro atoms. The number of hydrogen-bond acceptors (Lipinski definition) is 3. The van der Waals surface area contributed by atoms with Crippen molar-refractivity contribution >= 4 is 30.7 Å². The van der Waals surface area contributed by atoms with Crippen LogP contribution in [0.25, 0.3) is 0 Å². The van der Waals surface area contributed by atoms with Gasteiger partial charge in [0.2, 0.25) is 5.91 Å². The van der Waals surface area contributed by atoms with Gasteiger partial charge in [-0.2, -0.15) is 0 Å². The monoisotopic (exact) mass is 361 g/mol. The number of hydrogen-bond donors (Lipinski definition) is 2. The van der Waals surface area contributed by atoms with Gasteiger partial charge in [0.15, 0.2) is 0 Å². The molecule has 1 aliphatic heterocycles. The average Bonchev–Trinajstić information content (AvgIpc) is 2.44. The van der Waals surface area contributed by atoms with Crippen molar-refractivity contribution in [1.82, 2.24) is 15.5 Å². The zero-order valence-corrected chi connectivity index (χ0v) is 15.8. The lowest BCUT2D eigenvalue weighted by molar-refractivity contribution is -0.122. The quantitative estimate of drug-likeness (QED) is 0.845. The zero-order chi connectivity index (χ0) is 15.2. The molecule has 2 unspecified atom stereocenters. The third-order valence-electron chi connectivity index (χ3n) is 4.23. The minimum Gasteiger partial charge on any atom is -0.352 e. The molecular weight excluding hydrogens is 333 g/mol. The molecule has 0 saturated carbocycles. The Bertz CT molecular complexity index is 446. The predicted octanol–water partition coefficient (Wildman–Crippen LogP) is 2.32. The van der Waals surface area contributed by atoms with Gasteiger partial charge in [0, 0.05) is 25.7 Å². The molecule has 1 fully saturated rings. The minimum absolute atomic E-state index is 0. The van der Waals surface area contributed by atoms with E-state index in [1.165, 1.54) is 5.56 Å². The van der Waals surface area contributed by atoms with E-state index >= 15 is 0 Å². The van der Waals surface area contributed by atoms with Gasteiger partial charge in [-0.15, -0.1) is 24.8 Å². The third kappa shape index (κ3) is 6.68. The van der Waals surface area contributed by atoms with Crippen LogP contribution in [0.5, 0.6) is 0 Å². The molecule has 1 aliphatic rings. The Kier molecular flexibility index (Phi) is 10.5. The van der Waals surface area contributed by atoms with Gasteiger partial charge in [0.25, 0.3) is 0 Å². The van der Waals surface area contributed by atoms with Crippen molar-refractivity contribution in [1.29, 1.82) is 0 Å². The molecule has 0 radical (unpaired) electrons. The summed E-state index contributed by atoms with van der Waals surface area (Å²) in [6, 6.07) is 10.9. The van der Waals surface area contributed by atoms with Crippen molar-refractivity contribution in [3.63, 3.8) is 0 Å². The molecule has 1 heterocycles. The van der Waals surface area contributed by atoms with E-state index in [1.807, 2.05) is 0 Å². The number of benzene rings is 1. The molecule has 1 aromatic rings. The number of likely N-dealkylation sites (tertiary alicyclic amines) is 1. The molecule has 23 heavy (non-hydrogen) atoms. The van der Waals surface area contributed by atoms with Crippen molar-refractivity contribution in [3.8, 4) is 0 Å². The maximum absolute atomic E-state index is 11.8. The van der Waals surface area contributed by atoms with Gasteiger partial charge in [-0.3, -0.25) is 9.69 Å². The number of carbonyl (C=O) groups is 1. The number of rotatable bonds is 5. The van der Waals surface area contributed by atoms with Gasteiger partial charge in [-0.05, 0) is 24.4 Å². The molecule has 132 valence electrons. The van der Waals surface area contributed by atoms with Crippen LogP contribution in [0.4, 0.5) is 0 Å². The summed E-state index contributed by atoms with van der Waals surface area (Å²) in [5.74, 6) is 1.04. The molecule has 0 aromatic heterocycles. The highest BCUT2D eigenvalue weighted by Crippen LogP contribution is 2.23. The Morgan fingerprint density at radius 1 is 1.13 bits per heavy atom. The van der Waals surface area contributed by atoms with Crippen LogP contribution in [0.1, 0.15) is 19.4 Å². The zero-order valence-electron chi connectivity index (χ0n) is 14.1. The van der Waals surface area contributed by atoms with E-state index in [4.69, 9.17) is 0 Å². The molecular formula is C17H29Cl2N3O. The topological polar surface area (TPSA) is 44.4 Å². The van der Waals surface area contributed by atoms with E-state index in [9.17, 15) is 4.79 Å². The van der Waals surface area contributed by atoms with E-state index < -0.39 is 0 Å². The lowest BCUT2D eigenvalue weighted by Crippen LogP contribution is -2.55. The highest BCUT2D eigenvalue weighted by atomic mass is 35.5. The predicted molar refractivity (Wildman–Crippen MR) is 100 cm³/mol. The van der Waals surface area contributed by atoms with E-state index in [-0.39, 0.29) is 36.8 Å². The number of halogens is 2. The second kappa shape index (κ2) is 10.9. The third-order valence-corrected chi connectivity index (χ3v) is 4.23. The Balaban J connectivity index is 0.00000242. The summed E-state index contributed by atoms with van der Waals surface area (Å²) in [6.45, 7) is 7.92. The fourth-order valence-corrected chi connectivity index (χ4v) is 3.33. The van der Waals surface area contributed by atoms with E-state index in [1.54, 1.807) is 7.05 Å². The van der Waals surface area contributed by atoms with Crippen LogP contribution >= 0.6 is 24.8 Å². The van der Waals surface area contributed by atoms with Gasteiger partial charge in [-0.25, -0.2) is 0 Å². The van der Waals surface area contributed by atoms with Gasteiger partial charge >= 0.3 is 0 Å². The molecule has 1 aromatic carbocycles. The lowest BCUT2D eigenvalue weighted by atomic mass is 9.85. The second-order valence-electron chi connectivity index (χ2n) is 6.26. The first-order valence-electron chi connectivity index (χ1n) is 7.80. The number of amides is 1. The van der Waals surface area contributed by atoms with Gasteiger partial charge in [0.1, 0.15) is 0 Å². The van der Waals surface area contributed by atoms with Crippen LogP contribution in [0.3, 0.4) is 0 Å². The molecule has 2 rings (SSSR count). The van der Waals surface area contributed by atoms with E-state index in [0.29, 0.717) is 18.4 Å². The highest BCUT2D eigenvalue weighted by Gasteiger charge is 2.32. The Hall–Kier alpha value is -0.810. The van der Waals surface area contributed by atoms with E-state index in [2.05, 4.69) is 59.7 Å². The Morgan fingerprint density at radius 2 is 1.70 bits per heavy atom. The fraction of sp³-hybridized carbons (Fsp3) is 0.588. The standard InChI is InChI=1S/C17H27N3O.2ClH/c1-13-10-20(12-15-7-5-4-6-8-15)11-14(2)17(13)19-16(21)9-18-3;;/h4-8,13-14,17-18H,9-12H2,1-3H3,(H,19,21);2*1H. The first-order valence-corrected chi connectivity index (χ1v) is 7.80.